The highest BCUT2D eigenvalue weighted by molar-refractivity contribution is 6.31. The summed E-state index contributed by atoms with van der Waals surface area (Å²) >= 11 is 12.5. The van der Waals surface area contributed by atoms with Crippen LogP contribution in [0.25, 0.3) is 33.3 Å². The fourth-order valence-electron chi connectivity index (χ4n) is 4.97. The Kier molecular flexibility index (Phi) is 7.05. The van der Waals surface area contributed by atoms with Crippen molar-refractivity contribution in [2.45, 2.75) is 25.8 Å². The molecule has 0 spiro atoms. The first-order valence-electron chi connectivity index (χ1n) is 12.0. The van der Waals surface area contributed by atoms with Gasteiger partial charge in [-0.1, -0.05) is 73.1 Å². The Morgan fingerprint density at radius 3 is 2.24 bits per heavy atom. The van der Waals surface area contributed by atoms with Gasteiger partial charge < -0.3 is 4.90 Å². The van der Waals surface area contributed by atoms with Gasteiger partial charge in [0.2, 0.25) is 0 Å². The highest BCUT2D eigenvalue weighted by atomic mass is 35.5. The minimum Gasteiger partial charge on any atom is -0.371 e. The fourth-order valence-corrected chi connectivity index (χ4v) is 5.50. The number of anilines is 1. The molecule has 0 unspecified atom stereocenters. The number of hydrogen-bond acceptors (Lipinski definition) is 3. The van der Waals surface area contributed by atoms with Crippen LogP contribution in [0.4, 0.5) is 5.69 Å². The Labute approximate surface area is 211 Å². The summed E-state index contributed by atoms with van der Waals surface area (Å²) in [5, 5.41) is 1.86. The third kappa shape index (κ3) is 4.79. The molecule has 3 nitrogen and oxygen atoms in total. The molecule has 34 heavy (non-hydrogen) atoms. The van der Waals surface area contributed by atoms with Gasteiger partial charge in [-0.2, -0.15) is 0 Å². The Morgan fingerprint density at radius 2 is 1.56 bits per heavy atom. The molecule has 0 saturated carbocycles. The van der Waals surface area contributed by atoms with E-state index in [2.05, 4.69) is 77.4 Å². The summed E-state index contributed by atoms with van der Waals surface area (Å²) < 4.78 is 0. The molecule has 1 saturated heterocycles. The Balaban J connectivity index is 1.48. The molecule has 0 N–H and O–H groups in total. The zero-order valence-corrected chi connectivity index (χ0v) is 20.9. The van der Waals surface area contributed by atoms with E-state index in [1.807, 2.05) is 18.2 Å². The van der Waals surface area contributed by atoms with E-state index in [0.29, 0.717) is 17.1 Å². The fraction of sp³-hybridized carbons (Fsp3) is 0.276. The van der Waals surface area contributed by atoms with Crippen molar-refractivity contribution in [3.05, 3.63) is 83.9 Å². The van der Waals surface area contributed by atoms with Gasteiger partial charge in [0.25, 0.3) is 0 Å². The lowest BCUT2D eigenvalue weighted by molar-refractivity contribution is 0.206. The van der Waals surface area contributed by atoms with Crippen LogP contribution in [-0.4, -0.2) is 41.6 Å². The lowest BCUT2D eigenvalue weighted by Crippen LogP contribution is -2.44. The molecule has 0 atom stereocenters. The monoisotopic (exact) mass is 489 g/mol. The number of benzene rings is 3. The van der Waals surface area contributed by atoms with Crippen LogP contribution < -0.4 is 4.90 Å². The largest absolute Gasteiger partial charge is 0.371 e. The van der Waals surface area contributed by atoms with E-state index in [0.717, 1.165) is 54.6 Å². The van der Waals surface area contributed by atoms with Crippen LogP contribution >= 0.6 is 23.2 Å². The standard InChI is InChI=1S/C29H29Cl2N3/c1-2-33(20-30)25-14-16-34(17-15-25)29-19-27(32-28-18-24(31)12-13-26(28)29)23-10-8-22(9-11-23)21-6-4-3-5-7-21/h3-13,18-19,25H,2,14-17,20H2,1H3. The SMILES string of the molecule is CCN(CCl)C1CCN(c2cc(-c3ccc(-c4ccccc4)cc3)nc3cc(Cl)ccc23)CC1. The summed E-state index contributed by atoms with van der Waals surface area (Å²) in [7, 11) is 0. The molecule has 1 aliphatic rings. The number of piperidine rings is 1. The summed E-state index contributed by atoms with van der Waals surface area (Å²) in [4.78, 5) is 9.86. The summed E-state index contributed by atoms with van der Waals surface area (Å²) in [5.41, 5.74) is 6.67. The average molecular weight is 490 g/mol. The first kappa shape index (κ1) is 23.2. The molecule has 2 heterocycles. The predicted molar refractivity (Wildman–Crippen MR) is 146 cm³/mol. The van der Waals surface area contributed by atoms with Crippen molar-refractivity contribution in [3.8, 4) is 22.4 Å². The first-order valence-corrected chi connectivity index (χ1v) is 12.9. The number of fused-ring (bicyclic) bond motifs is 1. The number of halogens is 2. The van der Waals surface area contributed by atoms with Crippen molar-refractivity contribution < 1.29 is 0 Å². The Hall–Kier alpha value is -2.59. The Bertz CT molecular complexity index is 1250. The van der Waals surface area contributed by atoms with Crippen molar-refractivity contribution in [1.29, 1.82) is 0 Å². The van der Waals surface area contributed by atoms with Gasteiger partial charge >= 0.3 is 0 Å². The van der Waals surface area contributed by atoms with E-state index >= 15 is 0 Å². The van der Waals surface area contributed by atoms with Crippen LogP contribution in [0.2, 0.25) is 5.02 Å². The highest BCUT2D eigenvalue weighted by Gasteiger charge is 2.25. The molecular weight excluding hydrogens is 461 g/mol. The lowest BCUT2D eigenvalue weighted by atomic mass is 10.00. The van der Waals surface area contributed by atoms with Crippen molar-refractivity contribution in [1.82, 2.24) is 9.88 Å². The lowest BCUT2D eigenvalue weighted by Gasteiger charge is -2.38. The normalized spacial score (nSPS) is 14.8. The number of rotatable bonds is 6. The minimum absolute atomic E-state index is 0.547. The molecular formula is C29H29Cl2N3. The van der Waals surface area contributed by atoms with Crippen LogP contribution in [0.1, 0.15) is 19.8 Å². The van der Waals surface area contributed by atoms with Gasteiger partial charge in [0.05, 0.1) is 17.2 Å². The van der Waals surface area contributed by atoms with E-state index in [9.17, 15) is 0 Å². The maximum Gasteiger partial charge on any atom is 0.0745 e. The quantitative estimate of drug-likeness (QED) is 0.204. The summed E-state index contributed by atoms with van der Waals surface area (Å²) in [6.07, 6.45) is 2.22. The second kappa shape index (κ2) is 10.4. The van der Waals surface area contributed by atoms with Crippen LogP contribution in [-0.2, 0) is 0 Å². The summed E-state index contributed by atoms with van der Waals surface area (Å²) in [6.45, 7) is 5.19. The molecule has 0 bridgehead atoms. The molecule has 1 aromatic heterocycles. The van der Waals surface area contributed by atoms with Gasteiger partial charge in [-0.25, -0.2) is 4.98 Å². The molecule has 0 amide bonds. The van der Waals surface area contributed by atoms with Crippen LogP contribution in [0, 0.1) is 0 Å². The van der Waals surface area contributed by atoms with Crippen LogP contribution in [0.3, 0.4) is 0 Å². The molecule has 5 rings (SSSR count). The van der Waals surface area contributed by atoms with Gasteiger partial charge in [0, 0.05) is 40.8 Å². The molecule has 3 aromatic carbocycles. The molecule has 4 aromatic rings. The van der Waals surface area contributed by atoms with Gasteiger partial charge in [-0.05, 0) is 54.8 Å². The van der Waals surface area contributed by atoms with E-state index in [1.54, 1.807) is 0 Å². The van der Waals surface area contributed by atoms with E-state index < -0.39 is 0 Å². The molecule has 1 aliphatic heterocycles. The molecule has 174 valence electrons. The van der Waals surface area contributed by atoms with E-state index in [-0.39, 0.29) is 0 Å². The van der Waals surface area contributed by atoms with Gasteiger partial charge in [-0.3, -0.25) is 4.90 Å². The third-order valence-electron chi connectivity index (χ3n) is 6.92. The zero-order chi connectivity index (χ0) is 23.5. The van der Waals surface area contributed by atoms with Gasteiger partial charge in [0.1, 0.15) is 0 Å². The Morgan fingerprint density at radius 1 is 0.882 bits per heavy atom. The maximum atomic E-state index is 6.36. The van der Waals surface area contributed by atoms with Gasteiger partial charge in [0.15, 0.2) is 0 Å². The highest BCUT2D eigenvalue weighted by Crippen LogP contribution is 2.35. The molecule has 5 heteroatoms. The molecule has 0 aliphatic carbocycles. The second-order valence-corrected chi connectivity index (χ2v) is 9.55. The van der Waals surface area contributed by atoms with E-state index in [1.165, 1.54) is 16.8 Å². The van der Waals surface area contributed by atoms with Crippen molar-refractivity contribution >= 4 is 39.8 Å². The van der Waals surface area contributed by atoms with E-state index in [4.69, 9.17) is 28.2 Å². The van der Waals surface area contributed by atoms with Gasteiger partial charge in [-0.15, -0.1) is 11.6 Å². The summed E-state index contributed by atoms with van der Waals surface area (Å²) in [5.74, 6) is 0. The average Bonchev–Trinajstić information content (AvgIpc) is 2.89. The number of aromatic nitrogens is 1. The minimum atomic E-state index is 0.547. The number of alkyl halides is 1. The number of hydrogen-bond donors (Lipinski definition) is 0. The first-order chi connectivity index (χ1) is 16.7. The zero-order valence-electron chi connectivity index (χ0n) is 19.4. The maximum absolute atomic E-state index is 6.36. The number of nitrogens with zero attached hydrogens (tertiary/aromatic N) is 3. The molecule has 0 radical (unpaired) electrons. The summed E-state index contributed by atoms with van der Waals surface area (Å²) in [6, 6.07) is 28.6. The topological polar surface area (TPSA) is 19.4 Å². The number of pyridine rings is 1. The molecule has 1 fully saturated rings. The predicted octanol–water partition coefficient (Wildman–Crippen LogP) is 7.71. The van der Waals surface area contributed by atoms with Crippen molar-refractivity contribution in [3.63, 3.8) is 0 Å². The smallest absolute Gasteiger partial charge is 0.0745 e. The van der Waals surface area contributed by atoms with Crippen LogP contribution in [0.5, 0.6) is 0 Å². The van der Waals surface area contributed by atoms with Crippen molar-refractivity contribution in [2.75, 3.05) is 30.5 Å². The third-order valence-corrected chi connectivity index (χ3v) is 7.46. The van der Waals surface area contributed by atoms with Crippen LogP contribution in [0.15, 0.2) is 78.9 Å². The second-order valence-electron chi connectivity index (χ2n) is 8.87. The van der Waals surface area contributed by atoms with Crippen molar-refractivity contribution in [2.24, 2.45) is 0 Å².